The molecule has 0 spiro atoms. The highest BCUT2D eigenvalue weighted by molar-refractivity contribution is 7.90. The zero-order chi connectivity index (χ0) is 26.9. The molecule has 0 aliphatic rings. The third-order valence-corrected chi connectivity index (χ3v) is 7.51. The van der Waals surface area contributed by atoms with Gasteiger partial charge in [0.05, 0.1) is 5.69 Å². The number of anilines is 1. The molecule has 0 saturated carbocycles. The first-order valence-electron chi connectivity index (χ1n) is 12.0. The third-order valence-electron chi connectivity index (χ3n) is 5.69. The highest BCUT2D eigenvalue weighted by Gasteiger charge is 2.33. The molecule has 2 amide bonds. The van der Waals surface area contributed by atoms with Crippen LogP contribution in [-0.4, -0.2) is 69.2 Å². The van der Waals surface area contributed by atoms with E-state index in [4.69, 9.17) is 0 Å². The van der Waals surface area contributed by atoms with E-state index in [1.165, 1.54) is 31.1 Å². The Morgan fingerprint density at radius 2 is 1.61 bits per heavy atom. The lowest BCUT2D eigenvalue weighted by atomic mass is 10.1. The first-order chi connectivity index (χ1) is 17.0. The van der Waals surface area contributed by atoms with E-state index < -0.39 is 34.5 Å². The molecule has 2 aromatic carbocycles. The van der Waals surface area contributed by atoms with Crippen LogP contribution in [-0.2, 0) is 26.2 Å². The van der Waals surface area contributed by atoms with Crippen LogP contribution in [0.3, 0.4) is 0 Å². The molecule has 0 aliphatic carbocycles. The van der Waals surface area contributed by atoms with Gasteiger partial charge in [0, 0.05) is 27.2 Å². The second-order valence-corrected chi connectivity index (χ2v) is 11.2. The maximum absolute atomic E-state index is 13.7. The van der Waals surface area contributed by atoms with E-state index in [9.17, 15) is 22.4 Å². The van der Waals surface area contributed by atoms with Crippen LogP contribution < -0.4 is 9.62 Å². The molecule has 0 saturated heterocycles. The van der Waals surface area contributed by atoms with E-state index >= 15 is 0 Å². The van der Waals surface area contributed by atoms with E-state index in [2.05, 4.69) is 5.32 Å². The summed E-state index contributed by atoms with van der Waals surface area (Å²) >= 11 is 0. The number of nitrogens with zero attached hydrogens (tertiary/aromatic N) is 3. The van der Waals surface area contributed by atoms with E-state index in [-0.39, 0.29) is 24.1 Å². The second kappa shape index (κ2) is 13.4. The van der Waals surface area contributed by atoms with Crippen LogP contribution >= 0.6 is 0 Å². The van der Waals surface area contributed by atoms with Gasteiger partial charge in [0.2, 0.25) is 11.8 Å². The number of hydrogen-bond acceptors (Lipinski definition) is 4. The van der Waals surface area contributed by atoms with Gasteiger partial charge in [0.25, 0.3) is 0 Å². The number of rotatable bonds is 13. The smallest absolute Gasteiger partial charge is 0.304 e. The Kier molecular flexibility index (Phi) is 10.9. The van der Waals surface area contributed by atoms with Gasteiger partial charge in [-0.1, -0.05) is 51.1 Å². The van der Waals surface area contributed by atoms with Crippen molar-refractivity contribution in [3.05, 3.63) is 66.0 Å². The van der Waals surface area contributed by atoms with Crippen LogP contribution in [0.5, 0.6) is 0 Å². The number of carbonyl (C=O) groups is 2. The number of benzene rings is 2. The van der Waals surface area contributed by atoms with Crippen LogP contribution in [0.1, 0.15) is 32.8 Å². The molecule has 0 bridgehead atoms. The Morgan fingerprint density at radius 3 is 2.14 bits per heavy atom. The lowest BCUT2D eigenvalue weighted by Crippen LogP contribution is -2.54. The SMILES string of the molecule is CC[C@@H](C(=O)NCC(C)C)N(CCc1ccccc1)C(=O)CN(c1ccc(F)cc1)S(=O)(=O)N(C)C. The van der Waals surface area contributed by atoms with Gasteiger partial charge >= 0.3 is 10.2 Å². The van der Waals surface area contributed by atoms with Crippen LogP contribution in [0, 0.1) is 11.7 Å². The Hall–Kier alpha value is -2.98. The summed E-state index contributed by atoms with van der Waals surface area (Å²) in [5.74, 6) is -1.09. The summed E-state index contributed by atoms with van der Waals surface area (Å²) in [7, 11) is -1.36. The molecular weight excluding hydrogens is 483 g/mol. The van der Waals surface area contributed by atoms with Gasteiger partial charge in [-0.3, -0.25) is 9.59 Å². The zero-order valence-electron chi connectivity index (χ0n) is 21.6. The van der Waals surface area contributed by atoms with Gasteiger partial charge in [-0.15, -0.1) is 0 Å². The fourth-order valence-electron chi connectivity index (χ4n) is 3.64. The molecule has 198 valence electrons. The summed E-state index contributed by atoms with van der Waals surface area (Å²) < 4.78 is 41.7. The Bertz CT molecular complexity index is 1090. The highest BCUT2D eigenvalue weighted by Crippen LogP contribution is 2.21. The summed E-state index contributed by atoms with van der Waals surface area (Å²) in [6, 6.07) is 13.7. The van der Waals surface area contributed by atoms with Crippen molar-refractivity contribution < 1.29 is 22.4 Å². The third kappa shape index (κ3) is 8.03. The summed E-state index contributed by atoms with van der Waals surface area (Å²) in [5.41, 5.74) is 1.14. The Morgan fingerprint density at radius 1 is 1.00 bits per heavy atom. The molecule has 1 N–H and O–H groups in total. The molecule has 0 heterocycles. The molecule has 2 rings (SSSR count). The van der Waals surface area contributed by atoms with Crippen molar-refractivity contribution in [3.8, 4) is 0 Å². The predicted molar refractivity (Wildman–Crippen MR) is 140 cm³/mol. The van der Waals surface area contributed by atoms with Crippen LogP contribution in [0.2, 0.25) is 0 Å². The molecule has 8 nitrogen and oxygen atoms in total. The molecule has 2 aromatic rings. The molecule has 36 heavy (non-hydrogen) atoms. The number of halogens is 1. The van der Waals surface area contributed by atoms with Gasteiger partial charge in [0.1, 0.15) is 18.4 Å². The van der Waals surface area contributed by atoms with Gasteiger partial charge in [0.15, 0.2) is 0 Å². The molecule has 0 fully saturated rings. The monoisotopic (exact) mass is 520 g/mol. The van der Waals surface area contributed by atoms with E-state index in [1.807, 2.05) is 51.1 Å². The second-order valence-electron chi connectivity index (χ2n) is 9.16. The van der Waals surface area contributed by atoms with Gasteiger partial charge in [-0.2, -0.15) is 12.7 Å². The van der Waals surface area contributed by atoms with Crippen molar-refractivity contribution in [2.45, 2.75) is 39.7 Å². The van der Waals surface area contributed by atoms with Crippen LogP contribution in [0.4, 0.5) is 10.1 Å². The number of carbonyl (C=O) groups excluding carboxylic acids is 2. The summed E-state index contributed by atoms with van der Waals surface area (Å²) in [6.07, 6.45) is 0.860. The minimum absolute atomic E-state index is 0.152. The van der Waals surface area contributed by atoms with Crippen molar-refractivity contribution >= 4 is 27.7 Å². The van der Waals surface area contributed by atoms with E-state index in [0.717, 1.165) is 26.3 Å². The summed E-state index contributed by atoms with van der Waals surface area (Å²) in [4.78, 5) is 28.2. The first kappa shape index (κ1) is 29.3. The maximum Gasteiger partial charge on any atom is 0.304 e. The largest absolute Gasteiger partial charge is 0.354 e. The predicted octanol–water partition coefficient (Wildman–Crippen LogP) is 3.06. The Labute approximate surface area is 214 Å². The lowest BCUT2D eigenvalue weighted by molar-refractivity contribution is -0.139. The fraction of sp³-hybridized carbons (Fsp3) is 0.462. The highest BCUT2D eigenvalue weighted by atomic mass is 32.2. The molecule has 0 aliphatic heterocycles. The van der Waals surface area contributed by atoms with E-state index in [0.29, 0.717) is 19.4 Å². The molecule has 10 heteroatoms. The summed E-state index contributed by atoms with van der Waals surface area (Å²) in [6.45, 7) is 5.94. The maximum atomic E-state index is 13.7. The van der Waals surface area contributed by atoms with Crippen molar-refractivity contribution in [3.63, 3.8) is 0 Å². The average molecular weight is 521 g/mol. The van der Waals surface area contributed by atoms with E-state index in [1.54, 1.807) is 0 Å². The quantitative estimate of drug-likeness (QED) is 0.440. The van der Waals surface area contributed by atoms with Crippen molar-refractivity contribution in [2.24, 2.45) is 5.92 Å². The molecular formula is C26H37FN4O4S. The standard InChI is InChI=1S/C26H37FN4O4S/c1-6-24(26(33)28-18-20(2)3)30(17-16-21-10-8-7-9-11-21)25(32)19-31(36(34,35)29(4)5)23-14-12-22(27)13-15-23/h7-15,20,24H,6,16-19H2,1-5H3,(H,28,33)/t24-/m0/s1. The Balaban J connectivity index is 2.40. The first-order valence-corrected chi connectivity index (χ1v) is 13.4. The molecule has 0 unspecified atom stereocenters. The van der Waals surface area contributed by atoms with Crippen LogP contribution in [0.25, 0.3) is 0 Å². The van der Waals surface area contributed by atoms with Crippen LogP contribution in [0.15, 0.2) is 54.6 Å². The molecule has 0 radical (unpaired) electrons. The van der Waals surface area contributed by atoms with Gasteiger partial charge in [-0.25, -0.2) is 8.70 Å². The topological polar surface area (TPSA) is 90.0 Å². The lowest BCUT2D eigenvalue weighted by Gasteiger charge is -2.34. The number of hydrogen-bond donors (Lipinski definition) is 1. The number of nitrogens with one attached hydrogen (secondary N) is 1. The fourth-order valence-corrected chi connectivity index (χ4v) is 4.70. The summed E-state index contributed by atoms with van der Waals surface area (Å²) in [5, 5.41) is 2.89. The minimum atomic E-state index is -4.08. The number of amides is 2. The van der Waals surface area contributed by atoms with Crippen molar-refractivity contribution in [1.29, 1.82) is 0 Å². The molecule has 1 atom stereocenters. The zero-order valence-corrected chi connectivity index (χ0v) is 22.5. The minimum Gasteiger partial charge on any atom is -0.354 e. The van der Waals surface area contributed by atoms with Gasteiger partial charge < -0.3 is 10.2 Å². The van der Waals surface area contributed by atoms with Crippen molar-refractivity contribution in [1.82, 2.24) is 14.5 Å². The normalized spacial score (nSPS) is 12.4. The average Bonchev–Trinajstić information content (AvgIpc) is 2.84. The van der Waals surface area contributed by atoms with Gasteiger partial charge in [-0.05, 0) is 48.6 Å². The molecule has 0 aromatic heterocycles. The van der Waals surface area contributed by atoms with Crippen molar-refractivity contribution in [2.75, 3.05) is 38.0 Å².